The van der Waals surface area contributed by atoms with E-state index in [1.54, 1.807) is 6.07 Å². The molecule has 0 N–H and O–H groups in total. The van der Waals surface area contributed by atoms with E-state index in [2.05, 4.69) is 43.2 Å². The number of benzene rings is 1. The molecule has 0 amide bonds. The van der Waals surface area contributed by atoms with Crippen LogP contribution in [0.5, 0.6) is 0 Å². The van der Waals surface area contributed by atoms with Crippen molar-refractivity contribution in [3.8, 4) is 11.5 Å². The van der Waals surface area contributed by atoms with Crippen LogP contribution >= 0.6 is 0 Å². The van der Waals surface area contributed by atoms with Gasteiger partial charge in [0.05, 0.1) is 7.11 Å². The highest BCUT2D eigenvalue weighted by Gasteiger charge is 2.34. The van der Waals surface area contributed by atoms with Gasteiger partial charge in [0.15, 0.2) is 0 Å². The summed E-state index contributed by atoms with van der Waals surface area (Å²) in [5.41, 5.74) is 7.10. The van der Waals surface area contributed by atoms with Gasteiger partial charge in [0, 0.05) is 11.3 Å². The first-order valence-corrected chi connectivity index (χ1v) is 14.6. The van der Waals surface area contributed by atoms with E-state index in [1.807, 2.05) is 32.9 Å². The summed E-state index contributed by atoms with van der Waals surface area (Å²) in [7, 11) is -0.114. The van der Waals surface area contributed by atoms with Crippen LogP contribution in [0, 0.1) is 11.5 Å². The number of carbonyl (C=O) groups excluding carboxylic acids is 2. The number of nitrogens with zero attached hydrogens (tertiary/aromatic N) is 1. The summed E-state index contributed by atoms with van der Waals surface area (Å²) in [6, 6.07) is 10.2. The number of rotatable bonds is 3. The van der Waals surface area contributed by atoms with E-state index in [-0.39, 0.29) is 11.6 Å². The molecule has 1 atom stereocenters. The smallest absolute Gasteiger partial charge is 0.419 e. The highest BCUT2D eigenvalue weighted by atomic mass is 28.3. The van der Waals surface area contributed by atoms with Crippen molar-refractivity contribution in [3.63, 3.8) is 0 Å². The summed E-state index contributed by atoms with van der Waals surface area (Å²) in [5.74, 6) is 3.01. The Morgan fingerprint density at radius 3 is 2.53 bits per heavy atom. The Kier molecular flexibility index (Phi) is 6.71. The van der Waals surface area contributed by atoms with Crippen LogP contribution in [0.2, 0.25) is 19.6 Å². The highest BCUT2D eigenvalue weighted by molar-refractivity contribution is 6.83. The third kappa shape index (κ3) is 5.71. The Hall–Kier alpha value is -2.78. The summed E-state index contributed by atoms with van der Waals surface area (Å²) in [5, 5.41) is 0. The van der Waals surface area contributed by atoms with Crippen LogP contribution in [0.4, 0.5) is 4.79 Å². The summed E-state index contributed by atoms with van der Waals surface area (Å²) in [6.07, 6.45) is 1.92. The van der Waals surface area contributed by atoms with Gasteiger partial charge in [-0.3, -0.25) is 0 Å². The molecular weight excluding hydrogens is 418 g/mol. The van der Waals surface area contributed by atoms with E-state index in [9.17, 15) is 9.59 Å². The van der Waals surface area contributed by atoms with E-state index in [1.165, 1.54) is 17.2 Å². The van der Waals surface area contributed by atoms with Gasteiger partial charge >= 0.3 is 12.1 Å². The number of ether oxygens (including phenoxy) is 2. The van der Waals surface area contributed by atoms with Crippen LogP contribution in [0.1, 0.15) is 66.0 Å². The predicted octanol–water partition coefficient (Wildman–Crippen LogP) is 5.56. The molecule has 0 fully saturated rings. The maximum absolute atomic E-state index is 12.9. The molecule has 0 radical (unpaired) electrons. The molecular formula is C26H33NO4Si. The molecule has 170 valence electrons. The van der Waals surface area contributed by atoms with Crippen LogP contribution < -0.4 is 0 Å². The van der Waals surface area contributed by atoms with E-state index >= 15 is 0 Å². The molecule has 1 aromatic carbocycles. The van der Waals surface area contributed by atoms with Crippen LogP contribution in [0.3, 0.4) is 0 Å². The van der Waals surface area contributed by atoms with Crippen LogP contribution in [0.25, 0.3) is 0 Å². The number of esters is 1. The maximum Gasteiger partial charge on any atom is 0.419 e. The number of hydrogen-bond donors (Lipinski definition) is 0. The minimum Gasteiger partial charge on any atom is -0.464 e. The first-order chi connectivity index (χ1) is 14.9. The average Bonchev–Trinajstić information content (AvgIpc) is 3.24. The topological polar surface area (TPSA) is 57.5 Å². The number of carbonyl (C=O) groups is 2. The van der Waals surface area contributed by atoms with Gasteiger partial charge in [-0.2, -0.15) is 0 Å². The van der Waals surface area contributed by atoms with Gasteiger partial charge in [0.1, 0.15) is 19.4 Å². The minimum atomic E-state index is -1.44. The lowest BCUT2D eigenvalue weighted by Crippen LogP contribution is -2.30. The van der Waals surface area contributed by atoms with Crippen LogP contribution in [-0.2, 0) is 22.3 Å². The summed E-state index contributed by atoms with van der Waals surface area (Å²) in [6.45, 7) is 12.1. The maximum atomic E-state index is 12.9. The monoisotopic (exact) mass is 451 g/mol. The van der Waals surface area contributed by atoms with Gasteiger partial charge < -0.3 is 9.47 Å². The number of hydrogen-bond acceptors (Lipinski definition) is 4. The van der Waals surface area contributed by atoms with Crippen molar-refractivity contribution >= 4 is 20.1 Å². The van der Waals surface area contributed by atoms with Crippen molar-refractivity contribution in [2.45, 2.75) is 71.2 Å². The first-order valence-electron chi connectivity index (χ1n) is 11.1. The van der Waals surface area contributed by atoms with Gasteiger partial charge in [-0.05, 0) is 75.3 Å². The van der Waals surface area contributed by atoms with Crippen molar-refractivity contribution in [3.05, 3.63) is 58.4 Å². The zero-order chi connectivity index (χ0) is 23.7. The van der Waals surface area contributed by atoms with Gasteiger partial charge in [-0.1, -0.05) is 37.7 Å². The molecule has 1 unspecified atom stereocenters. The Balaban J connectivity index is 1.91. The van der Waals surface area contributed by atoms with Crippen molar-refractivity contribution in [2.24, 2.45) is 0 Å². The lowest BCUT2D eigenvalue weighted by molar-refractivity contribution is 0.0480. The summed E-state index contributed by atoms with van der Waals surface area (Å²) >= 11 is 0. The molecule has 1 aliphatic rings. The molecule has 0 saturated carbocycles. The molecule has 1 aliphatic carbocycles. The molecule has 0 saturated heterocycles. The zero-order valence-corrected chi connectivity index (χ0v) is 21.2. The zero-order valence-electron chi connectivity index (χ0n) is 20.2. The quantitative estimate of drug-likeness (QED) is 0.348. The second-order valence-electron chi connectivity index (χ2n) is 10.4. The Labute approximate surface area is 192 Å². The molecule has 0 aliphatic heterocycles. The number of fused-ring (bicyclic) bond motifs is 1. The molecule has 0 bridgehead atoms. The second-order valence-corrected chi connectivity index (χ2v) is 15.1. The van der Waals surface area contributed by atoms with Crippen molar-refractivity contribution < 1.29 is 19.1 Å². The molecule has 32 heavy (non-hydrogen) atoms. The van der Waals surface area contributed by atoms with Gasteiger partial charge in [0.2, 0.25) is 0 Å². The van der Waals surface area contributed by atoms with Gasteiger partial charge in [-0.15, -0.1) is 5.54 Å². The first kappa shape index (κ1) is 23.9. The molecule has 5 nitrogen and oxygen atoms in total. The van der Waals surface area contributed by atoms with Crippen LogP contribution in [0.15, 0.2) is 30.3 Å². The average molecular weight is 452 g/mol. The standard InChI is InChI=1S/C26H33NO4Si/c1-26(2,3)31-25(29)27-22-12-11-20(21(22)17-23(27)24(28)30-4)16-19-10-8-9-18(15-19)13-14-32(5,6)7/h8-10,15,17,20H,11-12,16H2,1-7H3. The Bertz CT molecular complexity index is 1090. The SMILES string of the molecule is COC(=O)c1cc2c(n1C(=O)OC(C)(C)C)CCC2Cc1cccc(C#C[Si](C)(C)C)c1. The predicted molar refractivity (Wildman–Crippen MR) is 129 cm³/mol. The molecule has 6 heteroatoms. The van der Waals surface area contributed by atoms with E-state index in [0.29, 0.717) is 6.42 Å². The van der Waals surface area contributed by atoms with Crippen molar-refractivity contribution in [1.82, 2.24) is 4.57 Å². The third-order valence-electron chi connectivity index (χ3n) is 5.27. The fourth-order valence-electron chi connectivity index (χ4n) is 3.95. The van der Waals surface area contributed by atoms with E-state index in [4.69, 9.17) is 9.47 Å². The fraction of sp³-hybridized carbons (Fsp3) is 0.462. The molecule has 1 heterocycles. The van der Waals surface area contributed by atoms with Gasteiger partial charge in [0.25, 0.3) is 0 Å². The van der Waals surface area contributed by atoms with Crippen molar-refractivity contribution in [1.29, 1.82) is 0 Å². The lowest BCUT2D eigenvalue weighted by atomic mass is 9.94. The Morgan fingerprint density at radius 2 is 1.91 bits per heavy atom. The number of aromatic nitrogens is 1. The van der Waals surface area contributed by atoms with E-state index < -0.39 is 25.7 Å². The van der Waals surface area contributed by atoms with E-state index in [0.717, 1.165) is 29.7 Å². The lowest BCUT2D eigenvalue weighted by Gasteiger charge is -2.21. The highest BCUT2D eigenvalue weighted by Crippen LogP contribution is 2.38. The molecule has 0 spiro atoms. The minimum absolute atomic E-state index is 0.220. The van der Waals surface area contributed by atoms with Crippen LogP contribution in [-0.4, -0.2) is 37.4 Å². The van der Waals surface area contributed by atoms with Gasteiger partial charge in [-0.25, -0.2) is 14.2 Å². The fourth-order valence-corrected chi connectivity index (χ4v) is 4.47. The molecule has 2 aromatic rings. The van der Waals surface area contributed by atoms with Crippen molar-refractivity contribution in [2.75, 3.05) is 7.11 Å². The number of methoxy groups -OCH3 is 1. The molecule has 1 aromatic heterocycles. The Morgan fingerprint density at radius 1 is 1.19 bits per heavy atom. The molecule has 3 rings (SSSR count). The summed E-state index contributed by atoms with van der Waals surface area (Å²) < 4.78 is 11.9. The summed E-state index contributed by atoms with van der Waals surface area (Å²) in [4.78, 5) is 25.3. The normalized spacial score (nSPS) is 15.5. The second kappa shape index (κ2) is 8.99. The largest absolute Gasteiger partial charge is 0.464 e. The third-order valence-corrected chi connectivity index (χ3v) is 6.14.